The summed E-state index contributed by atoms with van der Waals surface area (Å²) in [6.07, 6.45) is 1.63. The Morgan fingerprint density at radius 1 is 1.32 bits per heavy atom. The first kappa shape index (κ1) is 13.9. The van der Waals surface area contributed by atoms with E-state index in [9.17, 15) is 5.11 Å². The van der Waals surface area contributed by atoms with Crippen molar-refractivity contribution in [1.29, 1.82) is 0 Å². The van der Waals surface area contributed by atoms with Gasteiger partial charge in [-0.25, -0.2) is 10.4 Å². The minimum atomic E-state index is 0.115. The van der Waals surface area contributed by atoms with Gasteiger partial charge in [-0.3, -0.25) is 0 Å². The molecule has 0 atom stereocenters. The lowest BCUT2D eigenvalue weighted by atomic mass is 10.2. The number of ether oxygens (including phenoxy) is 1. The highest BCUT2D eigenvalue weighted by atomic mass is 16.5. The summed E-state index contributed by atoms with van der Waals surface area (Å²) in [6.45, 7) is 2.36. The number of para-hydroxylation sites is 2. The lowest BCUT2D eigenvalue weighted by Gasteiger charge is -2.05. The van der Waals surface area contributed by atoms with E-state index in [1.54, 1.807) is 24.4 Å². The minimum absolute atomic E-state index is 0.115. The smallest absolute Gasteiger partial charge is 0.222 e. The minimum Gasteiger partial charge on any atom is -0.504 e. The summed E-state index contributed by atoms with van der Waals surface area (Å²) in [7, 11) is 0. The number of hydrogen-bond donors (Lipinski definition) is 3. The number of benzene rings is 2. The van der Waals surface area contributed by atoms with Gasteiger partial charge in [-0.1, -0.05) is 12.1 Å². The molecule has 0 spiro atoms. The number of anilines is 1. The maximum absolute atomic E-state index is 9.65. The summed E-state index contributed by atoms with van der Waals surface area (Å²) < 4.78 is 5.33. The number of aromatic amines is 1. The number of nitrogens with zero attached hydrogens (tertiary/aromatic N) is 2. The van der Waals surface area contributed by atoms with E-state index in [1.807, 2.05) is 31.2 Å². The van der Waals surface area contributed by atoms with Crippen LogP contribution in [0, 0.1) is 0 Å². The van der Waals surface area contributed by atoms with Gasteiger partial charge in [0.1, 0.15) is 0 Å². The molecule has 1 heterocycles. The van der Waals surface area contributed by atoms with Gasteiger partial charge >= 0.3 is 0 Å². The highest BCUT2D eigenvalue weighted by molar-refractivity contribution is 5.82. The van der Waals surface area contributed by atoms with Crippen molar-refractivity contribution >= 4 is 23.2 Å². The second-order valence-corrected chi connectivity index (χ2v) is 4.63. The Bertz CT molecular complexity index is 778. The third kappa shape index (κ3) is 3.01. The molecule has 2 aromatic carbocycles. The van der Waals surface area contributed by atoms with Crippen molar-refractivity contribution in [2.45, 2.75) is 6.92 Å². The van der Waals surface area contributed by atoms with Gasteiger partial charge in [0, 0.05) is 0 Å². The van der Waals surface area contributed by atoms with E-state index in [1.165, 1.54) is 0 Å². The quantitative estimate of drug-likeness (QED) is 0.499. The number of imidazole rings is 1. The second-order valence-electron chi connectivity index (χ2n) is 4.63. The zero-order chi connectivity index (χ0) is 15.4. The van der Waals surface area contributed by atoms with Crippen LogP contribution in [0.5, 0.6) is 11.5 Å². The molecule has 6 nitrogen and oxygen atoms in total. The molecule has 112 valence electrons. The molecular formula is C16H16N4O2. The molecule has 0 amide bonds. The van der Waals surface area contributed by atoms with Crippen LogP contribution in [0.3, 0.4) is 0 Å². The van der Waals surface area contributed by atoms with Gasteiger partial charge in [0.15, 0.2) is 11.5 Å². The number of hydrazone groups is 1. The Hall–Kier alpha value is -3.02. The highest BCUT2D eigenvalue weighted by Gasteiger charge is 2.02. The molecule has 3 rings (SSSR count). The normalized spacial score (nSPS) is 11.1. The third-order valence-corrected chi connectivity index (χ3v) is 3.06. The number of phenolic OH excluding ortho intramolecular Hbond substituents is 1. The number of aromatic hydroxyl groups is 1. The number of fused-ring (bicyclic) bond motifs is 1. The molecule has 0 aliphatic heterocycles. The molecule has 0 saturated carbocycles. The molecule has 0 aliphatic carbocycles. The van der Waals surface area contributed by atoms with Gasteiger partial charge in [0.25, 0.3) is 0 Å². The number of H-pyrrole nitrogens is 1. The standard InChI is InChI=1S/C16H16N4O2/c1-2-22-15-9-11(7-8-14(15)21)10-17-20-16-18-12-5-3-4-6-13(12)19-16/h3-10,21H,2H2,1H3,(H2,18,19,20)/b17-10+. The van der Waals surface area contributed by atoms with E-state index >= 15 is 0 Å². The second kappa shape index (κ2) is 6.17. The first-order chi connectivity index (χ1) is 10.8. The van der Waals surface area contributed by atoms with Crippen molar-refractivity contribution in [3.05, 3.63) is 48.0 Å². The average molecular weight is 296 g/mol. The van der Waals surface area contributed by atoms with Gasteiger partial charge in [0.05, 0.1) is 23.9 Å². The summed E-state index contributed by atoms with van der Waals surface area (Å²) in [6, 6.07) is 12.8. The average Bonchev–Trinajstić information content (AvgIpc) is 2.93. The maximum Gasteiger partial charge on any atom is 0.222 e. The van der Waals surface area contributed by atoms with Crippen LogP contribution in [0.2, 0.25) is 0 Å². The summed E-state index contributed by atoms with van der Waals surface area (Å²) in [4.78, 5) is 7.48. The van der Waals surface area contributed by atoms with Gasteiger partial charge in [-0.2, -0.15) is 5.10 Å². The number of nitrogens with one attached hydrogen (secondary N) is 2. The molecule has 3 aromatic rings. The van der Waals surface area contributed by atoms with Crippen LogP contribution in [0.25, 0.3) is 11.0 Å². The predicted octanol–water partition coefficient (Wildman–Crippen LogP) is 3.11. The molecule has 6 heteroatoms. The van der Waals surface area contributed by atoms with Crippen molar-refractivity contribution < 1.29 is 9.84 Å². The van der Waals surface area contributed by atoms with Crippen molar-refractivity contribution in [3.8, 4) is 11.5 Å². The first-order valence-corrected chi connectivity index (χ1v) is 6.96. The highest BCUT2D eigenvalue weighted by Crippen LogP contribution is 2.26. The fraction of sp³-hybridized carbons (Fsp3) is 0.125. The van der Waals surface area contributed by atoms with Crippen LogP contribution in [-0.4, -0.2) is 27.9 Å². The zero-order valence-electron chi connectivity index (χ0n) is 12.1. The molecule has 0 bridgehead atoms. The summed E-state index contributed by atoms with van der Waals surface area (Å²) in [5.74, 6) is 1.13. The number of phenols is 1. The van der Waals surface area contributed by atoms with Crippen LogP contribution in [0.1, 0.15) is 12.5 Å². The van der Waals surface area contributed by atoms with Crippen molar-refractivity contribution in [2.24, 2.45) is 5.10 Å². The van der Waals surface area contributed by atoms with Crippen LogP contribution in [0.15, 0.2) is 47.6 Å². The molecule has 0 fully saturated rings. The zero-order valence-corrected chi connectivity index (χ0v) is 12.1. The lowest BCUT2D eigenvalue weighted by molar-refractivity contribution is 0.318. The van der Waals surface area contributed by atoms with Gasteiger partial charge in [0.2, 0.25) is 5.95 Å². The molecule has 0 unspecified atom stereocenters. The number of hydrogen-bond acceptors (Lipinski definition) is 5. The maximum atomic E-state index is 9.65. The summed E-state index contributed by atoms with van der Waals surface area (Å²) >= 11 is 0. The van der Waals surface area contributed by atoms with E-state index in [2.05, 4.69) is 20.5 Å². The topological polar surface area (TPSA) is 82.5 Å². The lowest BCUT2D eigenvalue weighted by Crippen LogP contribution is -1.95. The fourth-order valence-electron chi connectivity index (χ4n) is 2.06. The largest absolute Gasteiger partial charge is 0.504 e. The van der Waals surface area contributed by atoms with E-state index in [-0.39, 0.29) is 5.75 Å². The van der Waals surface area contributed by atoms with E-state index in [4.69, 9.17) is 4.74 Å². The van der Waals surface area contributed by atoms with E-state index < -0.39 is 0 Å². The van der Waals surface area contributed by atoms with Crippen LogP contribution in [-0.2, 0) is 0 Å². The summed E-state index contributed by atoms with van der Waals surface area (Å²) in [5, 5.41) is 13.8. The Kier molecular flexibility index (Phi) is 3.91. The SMILES string of the molecule is CCOc1cc(/C=N/Nc2nc3ccccc3[nH]2)ccc1O. The predicted molar refractivity (Wildman–Crippen MR) is 86.6 cm³/mol. The van der Waals surface area contributed by atoms with Crippen molar-refractivity contribution in [2.75, 3.05) is 12.0 Å². The molecule has 22 heavy (non-hydrogen) atoms. The fourth-order valence-corrected chi connectivity index (χ4v) is 2.06. The summed E-state index contributed by atoms with van der Waals surface area (Å²) in [5.41, 5.74) is 5.48. The van der Waals surface area contributed by atoms with Crippen molar-refractivity contribution in [3.63, 3.8) is 0 Å². The Labute approximate surface area is 127 Å². The molecule has 3 N–H and O–H groups in total. The first-order valence-electron chi connectivity index (χ1n) is 6.96. The molecule has 1 aromatic heterocycles. The monoisotopic (exact) mass is 296 g/mol. The van der Waals surface area contributed by atoms with Gasteiger partial charge in [-0.15, -0.1) is 0 Å². The van der Waals surface area contributed by atoms with Gasteiger partial charge < -0.3 is 14.8 Å². The van der Waals surface area contributed by atoms with E-state index in [0.29, 0.717) is 18.3 Å². The molecule has 0 saturated heterocycles. The Morgan fingerprint density at radius 2 is 2.18 bits per heavy atom. The van der Waals surface area contributed by atoms with Gasteiger partial charge in [-0.05, 0) is 42.8 Å². The molecule has 0 radical (unpaired) electrons. The molecular weight excluding hydrogens is 280 g/mol. The third-order valence-electron chi connectivity index (χ3n) is 3.06. The Morgan fingerprint density at radius 3 is 3.00 bits per heavy atom. The van der Waals surface area contributed by atoms with Crippen LogP contribution >= 0.6 is 0 Å². The number of rotatable bonds is 5. The van der Waals surface area contributed by atoms with E-state index in [0.717, 1.165) is 16.6 Å². The van der Waals surface area contributed by atoms with Crippen LogP contribution in [0.4, 0.5) is 5.95 Å². The Balaban J connectivity index is 1.72. The number of aromatic nitrogens is 2. The van der Waals surface area contributed by atoms with Crippen LogP contribution < -0.4 is 10.2 Å². The van der Waals surface area contributed by atoms with Crippen molar-refractivity contribution in [1.82, 2.24) is 9.97 Å². The molecule has 0 aliphatic rings.